The Morgan fingerprint density at radius 3 is 2.27 bits per heavy atom. The van der Waals surface area contributed by atoms with E-state index in [1.165, 1.54) is 25.7 Å². The minimum atomic E-state index is 0.134. The van der Waals surface area contributed by atoms with Gasteiger partial charge in [-0.1, -0.05) is 6.92 Å². The number of nitrogens with two attached hydrogens (primary N) is 1. The van der Waals surface area contributed by atoms with Crippen molar-refractivity contribution in [2.75, 3.05) is 7.05 Å². The van der Waals surface area contributed by atoms with Gasteiger partial charge in [0.15, 0.2) is 0 Å². The highest BCUT2D eigenvalue weighted by atomic mass is 16.2. The molecule has 3 nitrogen and oxygen atoms in total. The SMILES string of the molecule is CC1CCC(N(C)C(=O)C2CC2N)CC1. The Labute approximate surface area is 92.0 Å². The van der Waals surface area contributed by atoms with Gasteiger partial charge in [0.2, 0.25) is 5.91 Å². The fourth-order valence-corrected chi connectivity index (χ4v) is 2.57. The van der Waals surface area contributed by atoms with Crippen molar-refractivity contribution >= 4 is 5.91 Å². The molecular formula is C12H22N2O. The summed E-state index contributed by atoms with van der Waals surface area (Å²) in [5.41, 5.74) is 5.71. The number of amides is 1. The molecule has 2 unspecified atom stereocenters. The van der Waals surface area contributed by atoms with E-state index in [4.69, 9.17) is 5.73 Å². The van der Waals surface area contributed by atoms with Gasteiger partial charge in [-0.3, -0.25) is 4.79 Å². The van der Waals surface area contributed by atoms with E-state index in [2.05, 4.69) is 6.92 Å². The van der Waals surface area contributed by atoms with Crippen LogP contribution in [0.3, 0.4) is 0 Å². The summed E-state index contributed by atoms with van der Waals surface area (Å²) >= 11 is 0. The van der Waals surface area contributed by atoms with Gasteiger partial charge in [-0.15, -0.1) is 0 Å². The summed E-state index contributed by atoms with van der Waals surface area (Å²) in [6.07, 6.45) is 5.76. The monoisotopic (exact) mass is 210 g/mol. The second kappa shape index (κ2) is 4.12. The largest absolute Gasteiger partial charge is 0.342 e. The Bertz CT molecular complexity index is 246. The van der Waals surface area contributed by atoms with Crippen molar-refractivity contribution in [3.05, 3.63) is 0 Å². The Morgan fingerprint density at radius 1 is 1.27 bits per heavy atom. The molecule has 0 saturated heterocycles. The van der Waals surface area contributed by atoms with Crippen LogP contribution < -0.4 is 5.73 Å². The van der Waals surface area contributed by atoms with Gasteiger partial charge in [0, 0.05) is 19.1 Å². The molecule has 1 amide bonds. The van der Waals surface area contributed by atoms with E-state index < -0.39 is 0 Å². The number of carbonyl (C=O) groups is 1. The van der Waals surface area contributed by atoms with E-state index in [-0.39, 0.29) is 17.9 Å². The average molecular weight is 210 g/mol. The van der Waals surface area contributed by atoms with Crippen LogP contribution >= 0.6 is 0 Å². The van der Waals surface area contributed by atoms with Gasteiger partial charge < -0.3 is 10.6 Å². The molecule has 2 fully saturated rings. The van der Waals surface area contributed by atoms with Crippen LogP contribution in [-0.2, 0) is 4.79 Å². The standard InChI is InChI=1S/C12H22N2O/c1-8-3-5-9(6-4-8)14(2)12(15)10-7-11(10)13/h8-11H,3-7,13H2,1-2H3. The van der Waals surface area contributed by atoms with Crippen LogP contribution in [-0.4, -0.2) is 29.9 Å². The van der Waals surface area contributed by atoms with Gasteiger partial charge in [0.1, 0.15) is 0 Å². The molecule has 2 atom stereocenters. The summed E-state index contributed by atoms with van der Waals surface area (Å²) in [6, 6.07) is 0.615. The van der Waals surface area contributed by atoms with Crippen molar-refractivity contribution in [2.24, 2.45) is 17.6 Å². The highest BCUT2D eigenvalue weighted by Crippen LogP contribution is 2.33. The van der Waals surface area contributed by atoms with Gasteiger partial charge >= 0.3 is 0 Å². The zero-order valence-electron chi connectivity index (χ0n) is 9.78. The number of nitrogens with zero attached hydrogens (tertiary/aromatic N) is 1. The van der Waals surface area contributed by atoms with Gasteiger partial charge in [-0.2, -0.15) is 0 Å². The first-order valence-corrected chi connectivity index (χ1v) is 6.12. The molecule has 2 N–H and O–H groups in total. The predicted octanol–water partition coefficient (Wildman–Crippen LogP) is 1.37. The van der Waals surface area contributed by atoms with Crippen molar-refractivity contribution < 1.29 is 4.79 Å². The number of carbonyl (C=O) groups excluding carboxylic acids is 1. The van der Waals surface area contributed by atoms with Crippen molar-refractivity contribution in [3.63, 3.8) is 0 Å². The molecule has 3 heteroatoms. The topological polar surface area (TPSA) is 46.3 Å². The molecule has 0 aromatic rings. The molecular weight excluding hydrogens is 188 g/mol. The zero-order chi connectivity index (χ0) is 11.0. The maximum atomic E-state index is 11.9. The maximum Gasteiger partial charge on any atom is 0.227 e. The summed E-state index contributed by atoms with van der Waals surface area (Å²) in [5.74, 6) is 1.25. The minimum Gasteiger partial charge on any atom is -0.342 e. The first kappa shape index (κ1) is 10.9. The quantitative estimate of drug-likeness (QED) is 0.748. The number of hydrogen-bond acceptors (Lipinski definition) is 2. The lowest BCUT2D eigenvalue weighted by Gasteiger charge is -2.33. The maximum absolute atomic E-state index is 11.9. The summed E-state index contributed by atoms with van der Waals surface area (Å²) in [4.78, 5) is 13.9. The van der Waals surface area contributed by atoms with Gasteiger partial charge in [0.25, 0.3) is 0 Å². The molecule has 15 heavy (non-hydrogen) atoms. The average Bonchev–Trinajstić information content (AvgIpc) is 2.94. The molecule has 0 spiro atoms. The summed E-state index contributed by atoms with van der Waals surface area (Å²) in [6.45, 7) is 2.30. The van der Waals surface area contributed by atoms with E-state index in [0.29, 0.717) is 6.04 Å². The third-order valence-corrected chi connectivity index (χ3v) is 4.04. The van der Waals surface area contributed by atoms with Crippen LogP contribution in [0.25, 0.3) is 0 Å². The molecule has 0 bridgehead atoms. The van der Waals surface area contributed by atoms with E-state index in [9.17, 15) is 4.79 Å². The van der Waals surface area contributed by atoms with Crippen LogP contribution in [0.1, 0.15) is 39.0 Å². The Kier molecular flexibility index (Phi) is 3.01. The molecule has 86 valence electrons. The van der Waals surface area contributed by atoms with Crippen LogP contribution in [0, 0.1) is 11.8 Å². The third kappa shape index (κ3) is 2.33. The van der Waals surface area contributed by atoms with Gasteiger partial charge in [-0.25, -0.2) is 0 Å². The second-order valence-electron chi connectivity index (χ2n) is 5.37. The lowest BCUT2D eigenvalue weighted by molar-refractivity contribution is -0.134. The van der Waals surface area contributed by atoms with Crippen LogP contribution in [0.4, 0.5) is 0 Å². The lowest BCUT2D eigenvalue weighted by Crippen LogP contribution is -2.40. The lowest BCUT2D eigenvalue weighted by atomic mass is 9.86. The summed E-state index contributed by atoms with van der Waals surface area (Å²) < 4.78 is 0. The van der Waals surface area contributed by atoms with Crippen molar-refractivity contribution in [1.29, 1.82) is 0 Å². The van der Waals surface area contributed by atoms with Crippen molar-refractivity contribution in [2.45, 2.75) is 51.1 Å². The highest BCUT2D eigenvalue weighted by molar-refractivity contribution is 5.82. The molecule has 2 saturated carbocycles. The van der Waals surface area contributed by atoms with Crippen LogP contribution in [0.5, 0.6) is 0 Å². The van der Waals surface area contributed by atoms with Crippen LogP contribution in [0.2, 0.25) is 0 Å². The third-order valence-electron chi connectivity index (χ3n) is 4.04. The summed E-state index contributed by atoms with van der Waals surface area (Å²) in [5, 5.41) is 0. The van der Waals surface area contributed by atoms with Crippen molar-refractivity contribution in [1.82, 2.24) is 4.90 Å². The van der Waals surface area contributed by atoms with E-state index in [0.717, 1.165) is 12.3 Å². The molecule has 0 heterocycles. The molecule has 0 radical (unpaired) electrons. The Hall–Kier alpha value is -0.570. The number of hydrogen-bond donors (Lipinski definition) is 1. The normalized spacial score (nSPS) is 39.9. The van der Waals surface area contributed by atoms with Crippen LogP contribution in [0.15, 0.2) is 0 Å². The van der Waals surface area contributed by atoms with E-state index in [1.807, 2.05) is 11.9 Å². The van der Waals surface area contributed by atoms with E-state index in [1.54, 1.807) is 0 Å². The highest BCUT2D eigenvalue weighted by Gasteiger charge is 2.42. The summed E-state index contributed by atoms with van der Waals surface area (Å²) in [7, 11) is 1.95. The smallest absolute Gasteiger partial charge is 0.227 e. The Balaban J connectivity index is 1.85. The predicted molar refractivity (Wildman–Crippen MR) is 60.3 cm³/mol. The number of rotatable bonds is 2. The van der Waals surface area contributed by atoms with Gasteiger partial charge in [-0.05, 0) is 38.0 Å². The molecule has 2 aliphatic rings. The molecule has 2 rings (SSSR count). The van der Waals surface area contributed by atoms with E-state index >= 15 is 0 Å². The Morgan fingerprint density at radius 2 is 1.80 bits per heavy atom. The first-order valence-electron chi connectivity index (χ1n) is 6.12. The second-order valence-corrected chi connectivity index (χ2v) is 5.37. The molecule has 2 aliphatic carbocycles. The molecule has 0 aromatic heterocycles. The fourth-order valence-electron chi connectivity index (χ4n) is 2.57. The van der Waals surface area contributed by atoms with Gasteiger partial charge in [0.05, 0.1) is 5.92 Å². The molecule has 0 aromatic carbocycles. The fraction of sp³-hybridized carbons (Fsp3) is 0.917. The minimum absolute atomic E-state index is 0.134. The van der Waals surface area contributed by atoms with Crippen molar-refractivity contribution in [3.8, 4) is 0 Å². The zero-order valence-corrected chi connectivity index (χ0v) is 9.78. The first-order chi connectivity index (χ1) is 7.09. The molecule has 0 aliphatic heterocycles.